The molecule has 3 aromatic heterocycles. The van der Waals surface area contributed by atoms with Crippen molar-refractivity contribution in [3.05, 3.63) is 64.1 Å². The first-order valence-corrected chi connectivity index (χ1v) is 10.7. The second-order valence-electron chi connectivity index (χ2n) is 6.02. The lowest BCUT2D eigenvalue weighted by molar-refractivity contribution is 0.540. The highest BCUT2D eigenvalue weighted by molar-refractivity contribution is 7.89. The van der Waals surface area contributed by atoms with Crippen LogP contribution in [0.25, 0.3) is 21.7 Å². The summed E-state index contributed by atoms with van der Waals surface area (Å²) in [5.41, 5.74) is 0.946. The molecule has 0 radical (unpaired) electrons. The maximum Gasteiger partial charge on any atom is 0.266 e. The highest BCUT2D eigenvalue weighted by atomic mass is 32.2. The van der Waals surface area contributed by atoms with E-state index in [1.165, 1.54) is 34.4 Å². The van der Waals surface area contributed by atoms with Crippen LogP contribution >= 0.6 is 11.3 Å². The first-order valence-electron chi connectivity index (χ1n) is 8.41. The lowest BCUT2D eigenvalue weighted by Crippen LogP contribution is -2.32. The van der Waals surface area contributed by atoms with E-state index in [-0.39, 0.29) is 23.5 Å². The van der Waals surface area contributed by atoms with E-state index in [0.717, 1.165) is 15.2 Å². The van der Waals surface area contributed by atoms with Gasteiger partial charge in [-0.15, -0.1) is 11.3 Å². The second-order valence-corrected chi connectivity index (χ2v) is 9.02. The van der Waals surface area contributed by atoms with E-state index in [4.69, 9.17) is 4.42 Å². The predicted molar refractivity (Wildman–Crippen MR) is 106 cm³/mol. The van der Waals surface area contributed by atoms with E-state index in [0.29, 0.717) is 11.5 Å². The molecule has 4 aromatic rings. The Bertz CT molecular complexity index is 1290. The molecule has 0 amide bonds. The lowest BCUT2D eigenvalue weighted by atomic mass is 10.3. The van der Waals surface area contributed by atoms with Gasteiger partial charge in [-0.2, -0.15) is 5.10 Å². The zero-order valence-corrected chi connectivity index (χ0v) is 16.5. The molecule has 0 aliphatic rings. The number of thiazole rings is 1. The van der Waals surface area contributed by atoms with Crippen molar-refractivity contribution in [1.82, 2.24) is 19.5 Å². The standard InChI is InChI=1S/C18H16N4O4S2/c1-12-20-15-5-4-13(11-17(15)27-12)28(24,25)19-8-9-22-18(23)7-6-14(21-22)16-3-2-10-26-16/h2-7,10-11,19H,8-9H2,1H3. The summed E-state index contributed by atoms with van der Waals surface area (Å²) < 4.78 is 34.9. The number of furan rings is 1. The molecule has 0 unspecified atom stereocenters. The summed E-state index contributed by atoms with van der Waals surface area (Å²) >= 11 is 1.44. The number of hydrogen-bond acceptors (Lipinski definition) is 7. The van der Waals surface area contributed by atoms with Gasteiger partial charge in [0.05, 0.1) is 32.9 Å². The van der Waals surface area contributed by atoms with Crippen molar-refractivity contribution in [3.63, 3.8) is 0 Å². The first kappa shape index (κ1) is 18.5. The number of sulfonamides is 1. The van der Waals surface area contributed by atoms with Crippen molar-refractivity contribution in [2.75, 3.05) is 6.54 Å². The third-order valence-corrected chi connectivity index (χ3v) is 6.43. The molecule has 0 aliphatic carbocycles. The van der Waals surface area contributed by atoms with E-state index < -0.39 is 10.0 Å². The van der Waals surface area contributed by atoms with Gasteiger partial charge in [0.25, 0.3) is 5.56 Å². The molecular formula is C18H16N4O4S2. The van der Waals surface area contributed by atoms with Crippen LogP contribution in [0.5, 0.6) is 0 Å². The second kappa shape index (κ2) is 7.30. The van der Waals surface area contributed by atoms with Crippen molar-refractivity contribution < 1.29 is 12.8 Å². The van der Waals surface area contributed by atoms with Gasteiger partial charge in [-0.3, -0.25) is 4.79 Å². The fourth-order valence-corrected chi connectivity index (χ4v) is 4.71. The number of aryl methyl sites for hydroxylation is 1. The van der Waals surface area contributed by atoms with Crippen LogP contribution in [0, 0.1) is 6.92 Å². The smallest absolute Gasteiger partial charge is 0.266 e. The molecule has 0 spiro atoms. The molecule has 10 heteroatoms. The van der Waals surface area contributed by atoms with E-state index >= 15 is 0 Å². The SMILES string of the molecule is Cc1nc2ccc(S(=O)(=O)NCCn3nc(-c4ccco4)ccc3=O)cc2s1. The molecule has 0 saturated heterocycles. The topological polar surface area (TPSA) is 107 Å². The fraction of sp³-hybridized carbons (Fsp3) is 0.167. The van der Waals surface area contributed by atoms with Crippen LogP contribution in [0.4, 0.5) is 0 Å². The predicted octanol–water partition coefficient (Wildman–Crippen LogP) is 2.40. The van der Waals surface area contributed by atoms with Gasteiger partial charge in [-0.1, -0.05) is 0 Å². The van der Waals surface area contributed by atoms with Crippen LogP contribution in [0.2, 0.25) is 0 Å². The number of hydrogen-bond donors (Lipinski definition) is 1. The summed E-state index contributed by atoms with van der Waals surface area (Å²) in [7, 11) is -3.71. The maximum atomic E-state index is 12.6. The highest BCUT2D eigenvalue weighted by Crippen LogP contribution is 2.24. The molecule has 1 N–H and O–H groups in total. The molecule has 28 heavy (non-hydrogen) atoms. The molecule has 0 atom stereocenters. The molecule has 144 valence electrons. The maximum absolute atomic E-state index is 12.6. The minimum Gasteiger partial charge on any atom is -0.463 e. The van der Waals surface area contributed by atoms with Crippen molar-refractivity contribution in [3.8, 4) is 11.5 Å². The van der Waals surface area contributed by atoms with Gasteiger partial charge in [-0.25, -0.2) is 22.8 Å². The van der Waals surface area contributed by atoms with Gasteiger partial charge in [0, 0.05) is 12.6 Å². The van der Waals surface area contributed by atoms with Crippen LogP contribution in [-0.2, 0) is 16.6 Å². The lowest BCUT2D eigenvalue weighted by Gasteiger charge is -2.08. The van der Waals surface area contributed by atoms with E-state index in [1.54, 1.807) is 30.3 Å². The third-order valence-electron chi connectivity index (χ3n) is 4.03. The van der Waals surface area contributed by atoms with Gasteiger partial charge < -0.3 is 4.42 Å². The van der Waals surface area contributed by atoms with Gasteiger partial charge in [0.15, 0.2) is 5.76 Å². The molecule has 8 nitrogen and oxygen atoms in total. The van der Waals surface area contributed by atoms with E-state index in [1.807, 2.05) is 6.92 Å². The van der Waals surface area contributed by atoms with Gasteiger partial charge in [-0.05, 0) is 43.3 Å². The average molecular weight is 416 g/mol. The van der Waals surface area contributed by atoms with Crippen LogP contribution < -0.4 is 10.3 Å². The normalized spacial score (nSPS) is 11.9. The van der Waals surface area contributed by atoms with Crippen molar-refractivity contribution in [1.29, 1.82) is 0 Å². The molecule has 0 saturated carbocycles. The van der Waals surface area contributed by atoms with Crippen LogP contribution in [-0.4, -0.2) is 29.7 Å². The molecule has 0 fully saturated rings. The monoisotopic (exact) mass is 416 g/mol. The molecule has 4 rings (SSSR count). The quantitative estimate of drug-likeness (QED) is 0.517. The van der Waals surface area contributed by atoms with Crippen molar-refractivity contribution in [2.45, 2.75) is 18.4 Å². The van der Waals surface area contributed by atoms with Crippen LogP contribution in [0.15, 0.2) is 62.8 Å². The van der Waals surface area contributed by atoms with Crippen LogP contribution in [0.3, 0.4) is 0 Å². The van der Waals surface area contributed by atoms with Gasteiger partial charge >= 0.3 is 0 Å². The number of rotatable bonds is 6. The Morgan fingerprint density at radius 3 is 2.86 bits per heavy atom. The fourth-order valence-electron chi connectivity index (χ4n) is 2.72. The number of aromatic nitrogens is 3. The summed E-state index contributed by atoms with van der Waals surface area (Å²) in [5.74, 6) is 0.530. The van der Waals surface area contributed by atoms with E-state index in [2.05, 4.69) is 14.8 Å². The Kier molecular flexibility index (Phi) is 4.84. The Morgan fingerprint density at radius 1 is 1.21 bits per heavy atom. The Hall–Kier alpha value is -2.82. The highest BCUT2D eigenvalue weighted by Gasteiger charge is 2.15. The summed E-state index contributed by atoms with van der Waals surface area (Å²) in [4.78, 5) is 16.5. The van der Waals surface area contributed by atoms with Crippen molar-refractivity contribution in [2.24, 2.45) is 0 Å². The Labute approximate surface area is 164 Å². The molecular weight excluding hydrogens is 400 g/mol. The molecule has 0 aliphatic heterocycles. The molecule has 0 bridgehead atoms. The number of nitrogens with one attached hydrogen (secondary N) is 1. The van der Waals surface area contributed by atoms with Gasteiger partial charge in [0.1, 0.15) is 5.69 Å². The Balaban J connectivity index is 1.49. The summed E-state index contributed by atoms with van der Waals surface area (Å²) in [5, 5.41) is 5.09. The third kappa shape index (κ3) is 3.75. The van der Waals surface area contributed by atoms with Crippen LogP contribution in [0.1, 0.15) is 5.01 Å². The summed E-state index contributed by atoms with van der Waals surface area (Å²) in [6.07, 6.45) is 1.52. The zero-order valence-electron chi connectivity index (χ0n) is 14.8. The number of nitrogens with zero attached hydrogens (tertiary/aromatic N) is 3. The first-order chi connectivity index (χ1) is 13.4. The number of fused-ring (bicyclic) bond motifs is 1. The average Bonchev–Trinajstić information content (AvgIpc) is 3.31. The minimum absolute atomic E-state index is 0.0244. The van der Waals surface area contributed by atoms with Gasteiger partial charge in [0.2, 0.25) is 10.0 Å². The largest absolute Gasteiger partial charge is 0.463 e. The Morgan fingerprint density at radius 2 is 2.07 bits per heavy atom. The molecule has 3 heterocycles. The summed E-state index contributed by atoms with van der Waals surface area (Å²) in [6, 6.07) is 11.2. The zero-order chi connectivity index (χ0) is 19.7. The summed E-state index contributed by atoms with van der Waals surface area (Å²) in [6.45, 7) is 1.99. The van der Waals surface area contributed by atoms with E-state index in [9.17, 15) is 13.2 Å². The number of benzene rings is 1. The molecule has 1 aromatic carbocycles. The van der Waals surface area contributed by atoms with Crippen molar-refractivity contribution >= 4 is 31.6 Å². The minimum atomic E-state index is -3.71.